The second-order valence-corrected chi connectivity index (χ2v) is 7.16. The predicted molar refractivity (Wildman–Crippen MR) is 99.3 cm³/mol. The van der Waals surface area contributed by atoms with E-state index in [1.165, 1.54) is 13.0 Å². The van der Waals surface area contributed by atoms with Crippen LogP contribution < -0.4 is 15.5 Å². The molecule has 146 valence electrons. The number of hydrogen-bond acceptors (Lipinski definition) is 5. The van der Waals surface area contributed by atoms with Gasteiger partial charge in [-0.1, -0.05) is 0 Å². The fourth-order valence-electron chi connectivity index (χ4n) is 3.16. The van der Waals surface area contributed by atoms with Gasteiger partial charge in [-0.2, -0.15) is 0 Å². The molecule has 1 atom stereocenters. The second kappa shape index (κ2) is 8.04. The van der Waals surface area contributed by atoms with Crippen LogP contribution in [0.2, 0.25) is 0 Å². The van der Waals surface area contributed by atoms with E-state index in [0.717, 1.165) is 12.8 Å². The van der Waals surface area contributed by atoms with Crippen LogP contribution in [0.4, 0.5) is 14.9 Å². The molecule has 0 bridgehead atoms. The highest BCUT2D eigenvalue weighted by Gasteiger charge is 2.29. The van der Waals surface area contributed by atoms with Crippen molar-refractivity contribution in [2.75, 3.05) is 31.1 Å². The van der Waals surface area contributed by atoms with E-state index in [1.807, 2.05) is 9.80 Å². The van der Waals surface area contributed by atoms with Crippen molar-refractivity contribution in [3.05, 3.63) is 29.6 Å². The number of rotatable bonds is 5. The summed E-state index contributed by atoms with van der Waals surface area (Å²) in [5.74, 6) is -0.923. The third-order valence-electron chi connectivity index (χ3n) is 5.09. The lowest BCUT2D eigenvalue weighted by Crippen LogP contribution is -2.55. The van der Waals surface area contributed by atoms with Gasteiger partial charge < -0.3 is 10.2 Å². The number of halogens is 1. The van der Waals surface area contributed by atoms with Crippen LogP contribution in [-0.4, -0.2) is 60.9 Å². The minimum atomic E-state index is -0.444. The number of anilines is 1. The van der Waals surface area contributed by atoms with Crippen LogP contribution in [0.25, 0.3) is 0 Å². The number of carbonyl (C=O) groups is 3. The minimum absolute atomic E-state index is 0.171. The molecule has 0 spiro atoms. The highest BCUT2D eigenvalue weighted by Crippen LogP contribution is 2.23. The molecular weight excluding hydrogens is 351 g/mol. The zero-order chi connectivity index (χ0) is 19.6. The van der Waals surface area contributed by atoms with Gasteiger partial charge in [-0.3, -0.25) is 19.8 Å². The van der Waals surface area contributed by atoms with Crippen molar-refractivity contribution in [2.24, 2.45) is 0 Å². The maximum absolute atomic E-state index is 14.3. The quantitative estimate of drug-likeness (QED) is 0.762. The van der Waals surface area contributed by atoms with E-state index in [9.17, 15) is 18.8 Å². The largest absolute Gasteiger partial charge is 0.367 e. The Morgan fingerprint density at radius 3 is 2.37 bits per heavy atom. The molecule has 8 heteroatoms. The molecule has 1 saturated heterocycles. The molecule has 1 unspecified atom stereocenters. The zero-order valence-corrected chi connectivity index (χ0v) is 15.6. The van der Waals surface area contributed by atoms with Gasteiger partial charge in [0.1, 0.15) is 5.82 Å². The van der Waals surface area contributed by atoms with Gasteiger partial charge in [0.2, 0.25) is 5.91 Å². The van der Waals surface area contributed by atoms with E-state index in [0.29, 0.717) is 37.4 Å². The smallest absolute Gasteiger partial charge is 0.321 e. The molecule has 2 fully saturated rings. The molecule has 1 aromatic rings. The fraction of sp³-hybridized carbons (Fsp3) is 0.526. The summed E-state index contributed by atoms with van der Waals surface area (Å²) in [6.07, 6.45) is 1.92. The number of Topliss-reactive ketones (excluding diaryl/α,β-unsaturated/α-hetero) is 1. The van der Waals surface area contributed by atoms with Gasteiger partial charge in [0.25, 0.3) is 0 Å². The van der Waals surface area contributed by atoms with Crippen molar-refractivity contribution < 1.29 is 18.8 Å². The second-order valence-electron chi connectivity index (χ2n) is 7.16. The third-order valence-corrected chi connectivity index (χ3v) is 5.09. The van der Waals surface area contributed by atoms with Crippen molar-refractivity contribution >= 4 is 23.4 Å². The molecular formula is C19H25FN4O3. The SMILES string of the molecule is CC(=O)c1ccc(N2CCN(C(C)C(=O)NC(=O)NC3CC3)CC2)c(F)c1. The highest BCUT2D eigenvalue weighted by atomic mass is 19.1. The van der Waals surface area contributed by atoms with E-state index in [4.69, 9.17) is 0 Å². The first-order chi connectivity index (χ1) is 12.8. The number of nitrogens with zero attached hydrogens (tertiary/aromatic N) is 2. The van der Waals surface area contributed by atoms with E-state index in [-0.39, 0.29) is 17.7 Å². The number of imide groups is 1. The summed E-state index contributed by atoms with van der Waals surface area (Å²) in [4.78, 5) is 39.2. The molecule has 27 heavy (non-hydrogen) atoms. The maximum Gasteiger partial charge on any atom is 0.321 e. The molecule has 1 saturated carbocycles. The lowest BCUT2D eigenvalue weighted by Gasteiger charge is -2.38. The van der Waals surface area contributed by atoms with Crippen molar-refractivity contribution in [3.8, 4) is 0 Å². The summed E-state index contributed by atoms with van der Waals surface area (Å²) in [5, 5.41) is 5.11. The van der Waals surface area contributed by atoms with Crippen molar-refractivity contribution in [2.45, 2.75) is 38.8 Å². The standard InChI is InChI=1S/C19H25FN4O3/c1-12(18(26)22-19(27)21-15-4-5-15)23-7-9-24(10-8-23)17-6-3-14(13(2)25)11-16(17)20/h3,6,11-12,15H,4-5,7-10H2,1-2H3,(H2,21,22,26,27). The summed E-state index contributed by atoms with van der Waals surface area (Å²) < 4.78 is 14.3. The Morgan fingerprint density at radius 2 is 1.81 bits per heavy atom. The van der Waals surface area contributed by atoms with Crippen LogP contribution in [0, 0.1) is 5.82 Å². The van der Waals surface area contributed by atoms with E-state index in [1.54, 1.807) is 19.1 Å². The topological polar surface area (TPSA) is 81.8 Å². The van der Waals surface area contributed by atoms with Crippen LogP contribution in [-0.2, 0) is 4.79 Å². The zero-order valence-electron chi connectivity index (χ0n) is 15.6. The van der Waals surface area contributed by atoms with Crippen molar-refractivity contribution in [1.29, 1.82) is 0 Å². The first-order valence-corrected chi connectivity index (χ1v) is 9.26. The van der Waals surface area contributed by atoms with Gasteiger partial charge in [0.05, 0.1) is 11.7 Å². The van der Waals surface area contributed by atoms with Gasteiger partial charge >= 0.3 is 6.03 Å². The van der Waals surface area contributed by atoms with Crippen LogP contribution in [0.1, 0.15) is 37.0 Å². The molecule has 0 aromatic heterocycles. The molecule has 2 N–H and O–H groups in total. The van der Waals surface area contributed by atoms with E-state index in [2.05, 4.69) is 10.6 Å². The molecule has 1 aliphatic heterocycles. The summed E-state index contributed by atoms with van der Waals surface area (Å²) in [5.41, 5.74) is 0.810. The molecule has 3 amide bonds. The number of ketones is 1. The molecule has 7 nitrogen and oxygen atoms in total. The Balaban J connectivity index is 1.52. The van der Waals surface area contributed by atoms with Crippen molar-refractivity contribution in [1.82, 2.24) is 15.5 Å². The number of carbonyl (C=O) groups excluding carboxylic acids is 3. The molecule has 1 aliphatic carbocycles. The highest BCUT2D eigenvalue weighted by molar-refractivity contribution is 5.97. The third kappa shape index (κ3) is 4.82. The van der Waals surface area contributed by atoms with Gasteiger partial charge in [0.15, 0.2) is 5.78 Å². The number of benzene rings is 1. The Kier molecular flexibility index (Phi) is 5.74. The summed E-state index contributed by atoms with van der Waals surface area (Å²) in [6, 6.07) is 3.82. The minimum Gasteiger partial charge on any atom is -0.367 e. The van der Waals surface area contributed by atoms with Crippen LogP contribution in [0.15, 0.2) is 18.2 Å². The summed E-state index contributed by atoms with van der Waals surface area (Å²) in [7, 11) is 0. The lowest BCUT2D eigenvalue weighted by molar-refractivity contribution is -0.124. The normalized spacial score (nSPS) is 18.7. The van der Waals surface area contributed by atoms with E-state index >= 15 is 0 Å². The molecule has 3 rings (SSSR count). The van der Waals surface area contributed by atoms with Crippen LogP contribution in [0.3, 0.4) is 0 Å². The number of nitrogens with one attached hydrogen (secondary N) is 2. The molecule has 0 radical (unpaired) electrons. The first-order valence-electron chi connectivity index (χ1n) is 9.26. The Bertz CT molecular complexity index is 742. The van der Waals surface area contributed by atoms with E-state index < -0.39 is 17.9 Å². The van der Waals surface area contributed by atoms with Gasteiger partial charge in [-0.05, 0) is 44.9 Å². The first kappa shape index (κ1) is 19.3. The number of hydrogen-bond donors (Lipinski definition) is 2. The van der Waals surface area contributed by atoms with Crippen molar-refractivity contribution in [3.63, 3.8) is 0 Å². The number of piperazine rings is 1. The number of urea groups is 1. The Hall–Kier alpha value is -2.48. The average Bonchev–Trinajstić information content (AvgIpc) is 3.44. The molecule has 2 aliphatic rings. The summed E-state index contributed by atoms with van der Waals surface area (Å²) in [6.45, 7) is 5.44. The Morgan fingerprint density at radius 1 is 1.15 bits per heavy atom. The van der Waals surface area contributed by atoms with Crippen LogP contribution in [0.5, 0.6) is 0 Å². The Labute approximate surface area is 157 Å². The monoisotopic (exact) mass is 376 g/mol. The number of amides is 3. The predicted octanol–water partition coefficient (Wildman–Crippen LogP) is 1.53. The molecule has 1 heterocycles. The lowest BCUT2D eigenvalue weighted by atomic mass is 10.1. The van der Waals surface area contributed by atoms with Gasteiger partial charge in [-0.25, -0.2) is 9.18 Å². The van der Waals surface area contributed by atoms with Gasteiger partial charge in [-0.15, -0.1) is 0 Å². The average molecular weight is 376 g/mol. The van der Waals surface area contributed by atoms with Crippen LogP contribution >= 0.6 is 0 Å². The summed E-state index contributed by atoms with van der Waals surface area (Å²) >= 11 is 0. The maximum atomic E-state index is 14.3. The van der Waals surface area contributed by atoms with Gasteiger partial charge in [0, 0.05) is 37.8 Å². The fourth-order valence-corrected chi connectivity index (χ4v) is 3.16. The molecule has 1 aromatic carbocycles.